The Balaban J connectivity index is 1.67. The third-order valence-electron chi connectivity index (χ3n) is 8.47. The topological polar surface area (TPSA) is 17.0 Å². The van der Waals surface area contributed by atoms with Crippen LogP contribution in [0.25, 0.3) is 55.4 Å². The highest BCUT2D eigenvalue weighted by Crippen LogP contribution is 2.42. The molecule has 2 nitrogen and oxygen atoms in total. The molecule has 0 radical (unpaired) electrons. The zero-order valence-corrected chi connectivity index (χ0v) is 26.0. The lowest BCUT2D eigenvalue weighted by molar-refractivity contribution is -0.660. The maximum Gasteiger partial charge on any atom is 0.216 e. The van der Waals surface area contributed by atoms with Crippen molar-refractivity contribution in [2.75, 3.05) is 0 Å². The van der Waals surface area contributed by atoms with Crippen molar-refractivity contribution in [1.82, 2.24) is 0 Å². The average molecular weight is 556 g/mol. The molecule has 0 N–H and O–H groups in total. The van der Waals surface area contributed by atoms with Crippen molar-refractivity contribution in [2.45, 2.75) is 66.1 Å². The van der Waals surface area contributed by atoms with E-state index in [-0.39, 0.29) is 10.8 Å². The van der Waals surface area contributed by atoms with Crippen LogP contribution < -0.4 is 4.57 Å². The Hall–Kier alpha value is -4.17. The summed E-state index contributed by atoms with van der Waals surface area (Å²) in [5, 5.41) is 2.09. The van der Waals surface area contributed by atoms with Crippen LogP contribution in [0.4, 0.5) is 0 Å². The summed E-state index contributed by atoms with van der Waals surface area (Å²) in [4.78, 5) is 0. The Morgan fingerprint density at radius 3 is 2.10 bits per heavy atom. The molecule has 4 aromatic carbocycles. The second-order valence-corrected chi connectivity index (χ2v) is 13.6. The van der Waals surface area contributed by atoms with Gasteiger partial charge in [-0.1, -0.05) is 120 Å². The molecular weight excluding hydrogens is 510 g/mol. The maximum atomic E-state index is 8.56. The Bertz CT molecular complexity index is 2070. The van der Waals surface area contributed by atoms with E-state index in [2.05, 4.69) is 115 Å². The minimum atomic E-state index is -2.30. The number of para-hydroxylation sites is 1. The fourth-order valence-electron chi connectivity index (χ4n) is 6.11. The number of benzene rings is 4. The zero-order chi connectivity index (χ0) is 32.5. The van der Waals surface area contributed by atoms with Gasteiger partial charge >= 0.3 is 0 Å². The molecule has 0 atom stereocenters. The van der Waals surface area contributed by atoms with Crippen LogP contribution in [0.15, 0.2) is 95.5 Å². The third kappa shape index (κ3) is 4.73. The molecule has 6 rings (SSSR count). The molecule has 0 amide bonds. The summed E-state index contributed by atoms with van der Waals surface area (Å²) in [6, 6.07) is 29.5. The van der Waals surface area contributed by atoms with Crippen LogP contribution >= 0.6 is 0 Å². The lowest BCUT2D eigenvalue weighted by atomic mass is 9.77. The lowest BCUT2D eigenvalue weighted by Crippen LogP contribution is -2.31. The smallest absolute Gasteiger partial charge is 0.216 e. The molecule has 0 bridgehead atoms. The molecular formula is C40H42NO+. The van der Waals surface area contributed by atoms with E-state index < -0.39 is 6.85 Å². The van der Waals surface area contributed by atoms with Gasteiger partial charge in [0.1, 0.15) is 18.2 Å². The van der Waals surface area contributed by atoms with Crippen molar-refractivity contribution >= 4 is 21.9 Å². The van der Waals surface area contributed by atoms with E-state index in [1.807, 2.05) is 29.8 Å². The summed E-state index contributed by atoms with van der Waals surface area (Å²) in [6.45, 7) is 13.0. The number of nitrogens with zero attached hydrogens (tertiary/aromatic N) is 1. The molecule has 0 fully saturated rings. The Morgan fingerprint density at radius 1 is 0.667 bits per heavy atom. The molecule has 2 heterocycles. The van der Waals surface area contributed by atoms with Gasteiger partial charge in [-0.05, 0) is 58.0 Å². The van der Waals surface area contributed by atoms with Crippen LogP contribution in [0.5, 0.6) is 0 Å². The highest BCUT2D eigenvalue weighted by Gasteiger charge is 2.27. The van der Waals surface area contributed by atoms with Crippen molar-refractivity contribution in [2.24, 2.45) is 7.05 Å². The summed E-state index contributed by atoms with van der Waals surface area (Å²) in [7, 11) is 1.93. The highest BCUT2D eigenvalue weighted by molar-refractivity contribution is 6.13. The van der Waals surface area contributed by atoms with E-state index in [9.17, 15) is 0 Å². The van der Waals surface area contributed by atoms with Crippen LogP contribution in [0.3, 0.4) is 0 Å². The summed E-state index contributed by atoms with van der Waals surface area (Å²) >= 11 is 0. The molecule has 0 aliphatic carbocycles. The monoisotopic (exact) mass is 555 g/mol. The number of pyridine rings is 1. The fourth-order valence-corrected chi connectivity index (χ4v) is 6.11. The first-order chi connectivity index (χ1) is 21.1. The van der Waals surface area contributed by atoms with E-state index in [4.69, 9.17) is 8.53 Å². The molecule has 0 saturated heterocycles. The second-order valence-electron chi connectivity index (χ2n) is 13.6. The van der Waals surface area contributed by atoms with E-state index in [1.165, 1.54) is 5.56 Å². The molecule has 6 aromatic rings. The summed E-state index contributed by atoms with van der Waals surface area (Å²) in [5.74, 6) is 0. The van der Waals surface area contributed by atoms with Crippen molar-refractivity contribution in [1.29, 1.82) is 0 Å². The predicted octanol–water partition coefficient (Wildman–Crippen LogP) is 10.6. The van der Waals surface area contributed by atoms with Crippen LogP contribution in [0.2, 0.25) is 0 Å². The van der Waals surface area contributed by atoms with Crippen LogP contribution in [0.1, 0.15) is 67.9 Å². The van der Waals surface area contributed by atoms with Gasteiger partial charge in [-0.3, -0.25) is 0 Å². The van der Waals surface area contributed by atoms with E-state index >= 15 is 0 Å². The van der Waals surface area contributed by atoms with Gasteiger partial charge < -0.3 is 4.42 Å². The van der Waals surface area contributed by atoms with Gasteiger partial charge in [0, 0.05) is 32.1 Å². The van der Waals surface area contributed by atoms with Gasteiger partial charge in [-0.15, -0.1) is 0 Å². The maximum absolute atomic E-state index is 8.56. The Labute approximate surface area is 254 Å². The summed E-state index contributed by atoms with van der Waals surface area (Å²) < 4.78 is 34.4. The van der Waals surface area contributed by atoms with Crippen molar-refractivity contribution < 1.29 is 13.1 Å². The highest BCUT2D eigenvalue weighted by atomic mass is 16.3. The first kappa shape index (κ1) is 24.4. The Morgan fingerprint density at radius 2 is 1.40 bits per heavy atom. The number of aryl methyl sites for hydroxylation is 3. The van der Waals surface area contributed by atoms with Crippen LogP contribution in [-0.4, -0.2) is 0 Å². The van der Waals surface area contributed by atoms with Crippen molar-refractivity contribution in [3.63, 3.8) is 0 Å². The normalized spacial score (nSPS) is 13.8. The second kappa shape index (κ2) is 9.98. The van der Waals surface area contributed by atoms with Gasteiger partial charge in [0.25, 0.3) is 0 Å². The van der Waals surface area contributed by atoms with Crippen molar-refractivity contribution in [3.8, 4) is 33.5 Å². The number of hydrogen-bond acceptors (Lipinski definition) is 1. The number of furan rings is 1. The van der Waals surface area contributed by atoms with Gasteiger partial charge in [0.15, 0.2) is 6.20 Å². The van der Waals surface area contributed by atoms with Crippen LogP contribution in [0, 0.1) is 13.8 Å². The van der Waals surface area contributed by atoms with Gasteiger partial charge in [-0.25, -0.2) is 4.57 Å². The third-order valence-corrected chi connectivity index (χ3v) is 8.47. The zero-order valence-electron chi connectivity index (χ0n) is 29.0. The minimum absolute atomic E-state index is 0.0354. The molecule has 0 aliphatic heterocycles. The number of hydrogen-bond donors (Lipinski definition) is 0. The Kier molecular flexibility index (Phi) is 5.81. The molecule has 42 heavy (non-hydrogen) atoms. The number of fused-ring (bicyclic) bond motifs is 3. The van der Waals surface area contributed by atoms with E-state index in [0.29, 0.717) is 5.56 Å². The molecule has 2 aromatic heterocycles. The summed E-state index contributed by atoms with van der Waals surface area (Å²) in [6.07, 6.45) is 1.79. The molecule has 2 heteroatoms. The largest absolute Gasteiger partial charge is 0.454 e. The van der Waals surface area contributed by atoms with E-state index in [0.717, 1.165) is 66.6 Å². The van der Waals surface area contributed by atoms with Gasteiger partial charge in [-0.2, -0.15) is 0 Å². The lowest BCUT2D eigenvalue weighted by Gasteiger charge is -2.28. The number of rotatable bonds is 3. The molecule has 0 saturated carbocycles. The SMILES string of the molecule is [2H]C([2H])([2H])c1c[n+](C)c(-c2c(C)ccc3c2oc2c(-c4ccccc4)cccc23)cc1-c1ccc(C(C)(C)C)cc1C(C)(C)C. The molecule has 0 spiro atoms. The minimum Gasteiger partial charge on any atom is -0.454 e. The van der Waals surface area contributed by atoms with Crippen LogP contribution in [-0.2, 0) is 17.9 Å². The quantitative estimate of drug-likeness (QED) is 0.199. The molecule has 0 aliphatic rings. The first-order valence-corrected chi connectivity index (χ1v) is 14.8. The first-order valence-electron chi connectivity index (χ1n) is 16.3. The predicted molar refractivity (Wildman–Crippen MR) is 178 cm³/mol. The fraction of sp³-hybridized carbons (Fsp3) is 0.275. The number of aromatic nitrogens is 1. The summed E-state index contributed by atoms with van der Waals surface area (Å²) in [5.41, 5.74) is 10.9. The standard InChI is InChI=1S/C40H42NO/c1-25-18-20-32-31-17-13-16-29(27-14-11-10-12-15-27)37(31)42-38(32)36(25)35-23-33(26(2)24-41(35)9)30-21-19-28(39(3,4)5)22-34(30)40(6,7)8/h10-24H,1-9H3/q+1/i2D3. The van der Waals surface area contributed by atoms with E-state index in [1.54, 1.807) is 6.20 Å². The average Bonchev–Trinajstić information content (AvgIpc) is 3.35. The molecule has 212 valence electrons. The van der Waals surface area contributed by atoms with Gasteiger partial charge in [0.2, 0.25) is 5.69 Å². The van der Waals surface area contributed by atoms with Gasteiger partial charge in [0.05, 0.1) is 5.56 Å². The van der Waals surface area contributed by atoms with Crippen molar-refractivity contribution in [3.05, 3.63) is 113 Å². The molecule has 0 unspecified atom stereocenters.